The number of nitro groups is 1. The van der Waals surface area contributed by atoms with E-state index in [-0.39, 0.29) is 17.0 Å². The molecular weight excluding hydrogens is 476 g/mol. The monoisotopic (exact) mass is 494 g/mol. The lowest BCUT2D eigenvalue weighted by Gasteiger charge is -2.07. The van der Waals surface area contributed by atoms with E-state index in [1.807, 2.05) is 6.92 Å². The van der Waals surface area contributed by atoms with E-state index >= 15 is 0 Å². The van der Waals surface area contributed by atoms with Crippen molar-refractivity contribution in [3.8, 4) is 5.75 Å². The van der Waals surface area contributed by atoms with Gasteiger partial charge in [-0.2, -0.15) is 5.10 Å². The van der Waals surface area contributed by atoms with Crippen LogP contribution < -0.4 is 15.5 Å². The van der Waals surface area contributed by atoms with Crippen LogP contribution in [0.25, 0.3) is 0 Å². The Bertz CT molecular complexity index is 1320. The highest BCUT2D eigenvalue weighted by Crippen LogP contribution is 2.20. The average Bonchev–Trinajstić information content (AvgIpc) is 2.85. The van der Waals surface area contributed by atoms with Gasteiger partial charge in [0.25, 0.3) is 5.69 Å². The van der Waals surface area contributed by atoms with Crippen LogP contribution in [-0.2, 0) is 9.59 Å². The molecule has 0 spiro atoms. The fourth-order valence-corrected chi connectivity index (χ4v) is 2.94. The van der Waals surface area contributed by atoms with Crippen LogP contribution in [0.1, 0.15) is 28.4 Å². The summed E-state index contributed by atoms with van der Waals surface area (Å²) in [4.78, 5) is 46.5. The molecule has 0 unspecified atom stereocenters. The molecule has 0 aliphatic heterocycles. The number of nitrogens with zero attached hydrogens (tertiary/aromatic N) is 2. The highest BCUT2D eigenvalue weighted by Gasteiger charge is 2.14. The molecule has 0 aromatic heterocycles. The second kappa shape index (κ2) is 11.0. The summed E-state index contributed by atoms with van der Waals surface area (Å²) >= 11 is 6.01. The molecule has 3 rings (SSSR count). The Morgan fingerprint density at radius 1 is 0.943 bits per heavy atom. The molecule has 35 heavy (non-hydrogen) atoms. The van der Waals surface area contributed by atoms with Gasteiger partial charge < -0.3 is 10.1 Å². The third-order valence-corrected chi connectivity index (χ3v) is 5.16. The second-order valence-electron chi connectivity index (χ2n) is 7.27. The lowest BCUT2D eigenvalue weighted by atomic mass is 10.1. The first-order valence-electron chi connectivity index (χ1n) is 10.1. The third kappa shape index (κ3) is 6.71. The van der Waals surface area contributed by atoms with Gasteiger partial charge in [0.2, 0.25) is 0 Å². The predicted molar refractivity (Wildman–Crippen MR) is 130 cm³/mol. The predicted octanol–water partition coefficient (Wildman–Crippen LogP) is 4.25. The number of anilines is 1. The van der Waals surface area contributed by atoms with Crippen LogP contribution in [0.5, 0.6) is 5.75 Å². The zero-order valence-corrected chi connectivity index (χ0v) is 19.3. The van der Waals surface area contributed by atoms with Crippen molar-refractivity contribution in [1.82, 2.24) is 5.43 Å². The molecule has 0 bridgehead atoms. The normalized spacial score (nSPS) is 10.9. The first-order valence-corrected chi connectivity index (χ1v) is 10.5. The van der Waals surface area contributed by atoms with Crippen molar-refractivity contribution in [3.63, 3.8) is 0 Å². The highest BCUT2D eigenvalue weighted by molar-refractivity contribution is 6.40. The Labute approximate surface area is 204 Å². The molecule has 3 aromatic rings. The van der Waals surface area contributed by atoms with E-state index in [1.54, 1.807) is 31.2 Å². The molecule has 2 amide bonds. The number of amides is 2. The Morgan fingerprint density at radius 2 is 1.57 bits per heavy atom. The quantitative estimate of drug-likeness (QED) is 0.131. The maximum atomic E-state index is 12.2. The van der Waals surface area contributed by atoms with E-state index in [4.69, 9.17) is 16.3 Å². The number of ether oxygens (including phenoxy) is 1. The number of rotatable bonds is 6. The van der Waals surface area contributed by atoms with E-state index in [2.05, 4.69) is 15.8 Å². The summed E-state index contributed by atoms with van der Waals surface area (Å²) in [7, 11) is 0. The van der Waals surface area contributed by atoms with Crippen LogP contribution in [0.3, 0.4) is 0 Å². The number of benzene rings is 3. The molecule has 0 aliphatic rings. The van der Waals surface area contributed by atoms with Gasteiger partial charge in [0.1, 0.15) is 5.75 Å². The summed E-state index contributed by atoms with van der Waals surface area (Å²) in [5, 5.41) is 17.5. The van der Waals surface area contributed by atoms with Gasteiger partial charge in [-0.1, -0.05) is 17.7 Å². The van der Waals surface area contributed by atoms with Crippen LogP contribution in [0.2, 0.25) is 5.02 Å². The largest absolute Gasteiger partial charge is 0.423 e. The molecule has 3 aromatic carbocycles. The second-order valence-corrected chi connectivity index (χ2v) is 7.68. The smallest absolute Gasteiger partial charge is 0.343 e. The summed E-state index contributed by atoms with van der Waals surface area (Å²) in [6.07, 6.45) is 0. The number of non-ortho nitro benzene ring substituents is 1. The highest BCUT2D eigenvalue weighted by atomic mass is 35.5. The molecule has 0 aliphatic carbocycles. The molecule has 2 N–H and O–H groups in total. The number of hydrogen-bond acceptors (Lipinski definition) is 7. The topological polar surface area (TPSA) is 140 Å². The number of hydrazone groups is 1. The molecule has 0 heterocycles. The van der Waals surface area contributed by atoms with Crippen LogP contribution in [0, 0.1) is 17.0 Å². The zero-order chi connectivity index (χ0) is 25.5. The number of hydrogen-bond donors (Lipinski definition) is 2. The fraction of sp³-hybridized carbons (Fsp3) is 0.0833. The molecule has 0 saturated heterocycles. The average molecular weight is 495 g/mol. The van der Waals surface area contributed by atoms with Crippen molar-refractivity contribution in [2.75, 3.05) is 5.32 Å². The first kappa shape index (κ1) is 25.1. The van der Waals surface area contributed by atoms with Gasteiger partial charge in [-0.3, -0.25) is 19.7 Å². The van der Waals surface area contributed by atoms with Gasteiger partial charge in [0, 0.05) is 22.8 Å². The summed E-state index contributed by atoms with van der Waals surface area (Å²) in [6, 6.07) is 16.2. The van der Waals surface area contributed by atoms with Gasteiger partial charge in [-0.25, -0.2) is 10.2 Å². The van der Waals surface area contributed by atoms with E-state index in [9.17, 15) is 24.5 Å². The van der Waals surface area contributed by atoms with Crippen molar-refractivity contribution in [1.29, 1.82) is 0 Å². The van der Waals surface area contributed by atoms with Gasteiger partial charge in [0.05, 0.1) is 16.2 Å². The van der Waals surface area contributed by atoms with Gasteiger partial charge in [-0.15, -0.1) is 0 Å². The summed E-state index contributed by atoms with van der Waals surface area (Å²) in [6.45, 7) is 3.43. The van der Waals surface area contributed by atoms with Crippen LogP contribution >= 0.6 is 11.6 Å². The molecule has 0 radical (unpaired) electrons. The number of carbonyl (C=O) groups is 3. The van der Waals surface area contributed by atoms with Crippen LogP contribution in [0.15, 0.2) is 71.8 Å². The van der Waals surface area contributed by atoms with Gasteiger partial charge >= 0.3 is 17.8 Å². The molecular formula is C24H19ClN4O6. The third-order valence-electron chi connectivity index (χ3n) is 4.76. The van der Waals surface area contributed by atoms with E-state index in [0.29, 0.717) is 22.0 Å². The minimum atomic E-state index is -0.963. The number of carbonyl (C=O) groups excluding carboxylic acids is 3. The van der Waals surface area contributed by atoms with E-state index in [0.717, 1.165) is 5.56 Å². The molecule has 10 nitrogen and oxygen atoms in total. The number of nitrogens with one attached hydrogen (secondary N) is 2. The molecule has 0 atom stereocenters. The maximum Gasteiger partial charge on any atom is 0.343 e. The zero-order valence-electron chi connectivity index (χ0n) is 18.6. The minimum absolute atomic E-state index is 0.134. The number of halogens is 1. The fourth-order valence-electron chi connectivity index (χ4n) is 2.76. The molecule has 11 heteroatoms. The van der Waals surface area contributed by atoms with Crippen molar-refractivity contribution < 1.29 is 24.0 Å². The van der Waals surface area contributed by atoms with E-state index < -0.39 is 22.7 Å². The van der Waals surface area contributed by atoms with Crippen molar-refractivity contribution in [2.45, 2.75) is 13.8 Å². The van der Waals surface area contributed by atoms with Crippen LogP contribution in [0.4, 0.5) is 11.4 Å². The minimum Gasteiger partial charge on any atom is -0.423 e. The lowest BCUT2D eigenvalue weighted by Crippen LogP contribution is -2.32. The summed E-state index contributed by atoms with van der Waals surface area (Å²) in [5.41, 5.74) is 4.42. The first-order chi connectivity index (χ1) is 16.6. The number of nitro benzene ring substituents is 1. The SMILES string of the molecule is CC(=NNC(=O)C(=O)Nc1ccc(C)c(Cl)c1)c1ccc(OC(=O)c2ccc([N+](=O)[O-])cc2)cc1. The van der Waals surface area contributed by atoms with Crippen molar-refractivity contribution >= 4 is 46.5 Å². The number of esters is 1. The Morgan fingerprint density at radius 3 is 2.17 bits per heavy atom. The van der Waals surface area contributed by atoms with Crippen molar-refractivity contribution in [3.05, 3.63) is 98.6 Å². The van der Waals surface area contributed by atoms with Gasteiger partial charge in [-0.05, 0) is 73.5 Å². The Hall–Kier alpha value is -4.57. The van der Waals surface area contributed by atoms with Crippen LogP contribution in [-0.4, -0.2) is 28.4 Å². The molecule has 0 fully saturated rings. The lowest BCUT2D eigenvalue weighted by molar-refractivity contribution is -0.384. The molecule has 178 valence electrons. The summed E-state index contributed by atoms with van der Waals surface area (Å²) in [5.74, 6) is -2.30. The standard InChI is InChI=1S/C24H19ClN4O6/c1-14-3-8-18(13-21(14)25)26-22(30)23(31)28-27-15(2)16-6-11-20(12-7-16)35-24(32)17-4-9-19(10-5-17)29(33)34/h3-13H,1-2H3,(H,26,30)(H,28,31). The Kier molecular flexibility index (Phi) is 7.90. The maximum absolute atomic E-state index is 12.2. The van der Waals surface area contributed by atoms with Gasteiger partial charge in [0.15, 0.2) is 0 Å². The summed E-state index contributed by atoms with van der Waals surface area (Å²) < 4.78 is 5.26. The molecule has 0 saturated carbocycles. The van der Waals surface area contributed by atoms with Crippen molar-refractivity contribution in [2.24, 2.45) is 5.10 Å². The van der Waals surface area contributed by atoms with E-state index in [1.165, 1.54) is 42.5 Å². The number of aryl methyl sites for hydroxylation is 1. The Balaban J connectivity index is 1.56.